The lowest BCUT2D eigenvalue weighted by molar-refractivity contribution is 0.0875. The number of H-pyrrole nitrogens is 1. The van der Waals surface area contributed by atoms with E-state index in [-0.39, 0.29) is 6.04 Å². The molecule has 5 aromatic rings. The van der Waals surface area contributed by atoms with E-state index in [1.54, 1.807) is 31.7 Å². The van der Waals surface area contributed by atoms with Gasteiger partial charge in [-0.25, -0.2) is 0 Å². The van der Waals surface area contributed by atoms with E-state index in [4.69, 9.17) is 11.6 Å². The van der Waals surface area contributed by atoms with Gasteiger partial charge in [0.1, 0.15) is 11.3 Å². The van der Waals surface area contributed by atoms with E-state index in [9.17, 15) is 5.11 Å². The van der Waals surface area contributed by atoms with Crippen LogP contribution in [0.5, 0.6) is 0 Å². The molecule has 0 amide bonds. The number of hydrogen-bond acceptors (Lipinski definition) is 7. The van der Waals surface area contributed by atoms with E-state index in [1.165, 1.54) is 0 Å². The van der Waals surface area contributed by atoms with Crippen molar-refractivity contribution in [3.8, 4) is 6.07 Å². The molecule has 0 saturated carbocycles. The zero-order valence-electron chi connectivity index (χ0n) is 19.7. The van der Waals surface area contributed by atoms with Crippen LogP contribution in [0, 0.1) is 6.07 Å². The van der Waals surface area contributed by atoms with Crippen LogP contribution in [0.2, 0.25) is 5.02 Å². The molecule has 37 heavy (non-hydrogen) atoms. The molecule has 10 heteroatoms. The standard InChI is InChI=1S/C27H21ClN8O/c1-27(37)26(16-6-3-2-4-7-16)34-23-18(14-31-27)13-30-25-20(23)10-19(11-21(25)28)33-24(22-15-32-36-35-22)17-8-5-9-29-12-17/h2-13,15,24,26,33,37H,1H3,(H,32,35,36)/p+1/t24-,26-,27?/m0/s1. The van der Waals surface area contributed by atoms with E-state index < -0.39 is 11.8 Å². The second-order valence-electron chi connectivity index (χ2n) is 8.97. The van der Waals surface area contributed by atoms with Crippen molar-refractivity contribution < 1.29 is 5.11 Å². The molecule has 0 fully saturated rings. The lowest BCUT2D eigenvalue weighted by Gasteiger charge is -2.23. The van der Waals surface area contributed by atoms with Gasteiger partial charge in [-0.15, -0.1) is 0 Å². The number of nitrogens with zero attached hydrogens (tertiary/aromatic N) is 5. The second kappa shape index (κ2) is 9.17. The van der Waals surface area contributed by atoms with Crippen LogP contribution in [0.15, 0.2) is 79.4 Å². The van der Waals surface area contributed by atoms with Crippen molar-refractivity contribution in [1.82, 2.24) is 25.4 Å². The minimum Gasteiger partial charge on any atom is -0.373 e. The predicted octanol–water partition coefficient (Wildman–Crippen LogP) is 5.16. The Labute approximate surface area is 217 Å². The van der Waals surface area contributed by atoms with Crippen molar-refractivity contribution >= 4 is 33.9 Å². The van der Waals surface area contributed by atoms with Gasteiger partial charge in [-0.2, -0.15) is 15.4 Å². The zero-order chi connectivity index (χ0) is 25.4. The molecule has 3 aromatic heterocycles. The minimum atomic E-state index is -1.44. The zero-order valence-corrected chi connectivity index (χ0v) is 20.5. The first kappa shape index (κ1) is 22.9. The maximum Gasteiger partial charge on any atom is 0.404 e. The van der Waals surface area contributed by atoms with Gasteiger partial charge in [0.2, 0.25) is 0 Å². The van der Waals surface area contributed by atoms with Crippen molar-refractivity contribution in [3.63, 3.8) is 0 Å². The lowest BCUT2D eigenvalue weighted by atomic mass is 9.97. The van der Waals surface area contributed by atoms with Crippen LogP contribution in [0.4, 0.5) is 11.4 Å². The molecule has 6 rings (SSSR count). The van der Waals surface area contributed by atoms with E-state index in [1.807, 2.05) is 54.6 Å². The minimum absolute atomic E-state index is 0.324. The molecule has 9 nitrogen and oxygen atoms in total. The summed E-state index contributed by atoms with van der Waals surface area (Å²) in [4.78, 5) is 13.2. The number of pyridine rings is 2. The Kier molecular flexibility index (Phi) is 5.68. The molecule has 3 atom stereocenters. The lowest BCUT2D eigenvalue weighted by Crippen LogP contribution is -2.33. The maximum absolute atomic E-state index is 11.2. The van der Waals surface area contributed by atoms with Crippen LogP contribution in [0.3, 0.4) is 0 Å². The number of hydrogen-bond donors (Lipinski definition) is 4. The first-order valence-corrected chi connectivity index (χ1v) is 12.0. The van der Waals surface area contributed by atoms with E-state index >= 15 is 0 Å². The van der Waals surface area contributed by atoms with Crippen LogP contribution in [0.25, 0.3) is 15.7 Å². The number of fused-ring (bicyclic) bond motifs is 3. The number of benzene rings is 2. The molecule has 0 aliphatic carbocycles. The number of rotatable bonds is 5. The van der Waals surface area contributed by atoms with Gasteiger partial charge in [-0.3, -0.25) is 9.97 Å². The van der Waals surface area contributed by atoms with Crippen molar-refractivity contribution in [2.75, 3.05) is 10.6 Å². The summed E-state index contributed by atoms with van der Waals surface area (Å²) in [5.74, 6) is 0. The Morgan fingerprint density at radius 3 is 2.76 bits per heavy atom. The van der Waals surface area contributed by atoms with Crippen molar-refractivity contribution in [1.29, 1.82) is 0 Å². The molecule has 4 heterocycles. The highest BCUT2D eigenvalue weighted by atomic mass is 35.5. The first-order chi connectivity index (χ1) is 18.0. The van der Waals surface area contributed by atoms with Crippen LogP contribution in [-0.4, -0.2) is 36.2 Å². The van der Waals surface area contributed by atoms with Crippen molar-refractivity contribution in [2.24, 2.45) is 0 Å². The van der Waals surface area contributed by atoms with Gasteiger partial charge in [0.25, 0.3) is 0 Å². The monoisotopic (exact) mass is 509 g/mol. The van der Waals surface area contributed by atoms with Crippen molar-refractivity contribution in [3.05, 3.63) is 112 Å². The van der Waals surface area contributed by atoms with Gasteiger partial charge < -0.3 is 15.7 Å². The Bertz CT molecular complexity index is 1630. The maximum atomic E-state index is 11.2. The third-order valence-corrected chi connectivity index (χ3v) is 6.64. The summed E-state index contributed by atoms with van der Waals surface area (Å²) >= 11 is 6.74. The van der Waals surface area contributed by atoms with E-state index in [0.29, 0.717) is 21.8 Å². The van der Waals surface area contributed by atoms with Crippen LogP contribution in [0.1, 0.15) is 41.4 Å². The summed E-state index contributed by atoms with van der Waals surface area (Å²) in [7, 11) is 0. The summed E-state index contributed by atoms with van der Waals surface area (Å²) in [6, 6.07) is 19.5. The number of aromatic amines is 1. The van der Waals surface area contributed by atoms with Gasteiger partial charge in [0.15, 0.2) is 6.04 Å². The number of halogens is 1. The Morgan fingerprint density at radius 1 is 1.14 bits per heavy atom. The second-order valence-corrected chi connectivity index (χ2v) is 9.37. The number of anilines is 2. The molecule has 2 aromatic carbocycles. The van der Waals surface area contributed by atoms with Gasteiger partial charge >= 0.3 is 11.8 Å². The third-order valence-electron chi connectivity index (χ3n) is 6.35. The molecule has 0 radical (unpaired) electrons. The predicted molar refractivity (Wildman–Crippen MR) is 143 cm³/mol. The van der Waals surface area contributed by atoms with Gasteiger partial charge in [-0.1, -0.05) is 48.0 Å². The van der Waals surface area contributed by atoms with Gasteiger partial charge in [0.05, 0.1) is 34.7 Å². The molecule has 0 saturated heterocycles. The summed E-state index contributed by atoms with van der Waals surface area (Å²) < 4.78 is 0. The fourth-order valence-corrected chi connectivity index (χ4v) is 4.81. The van der Waals surface area contributed by atoms with Crippen LogP contribution in [-0.2, 0) is 0 Å². The fourth-order valence-electron chi connectivity index (χ4n) is 4.54. The highest BCUT2D eigenvalue weighted by Gasteiger charge is 2.45. The Morgan fingerprint density at radius 2 is 2.00 bits per heavy atom. The molecule has 1 unspecified atom stereocenters. The molecule has 1 aliphatic rings. The molecule has 1 aliphatic heterocycles. The highest BCUT2D eigenvalue weighted by Crippen LogP contribution is 2.40. The highest BCUT2D eigenvalue weighted by molar-refractivity contribution is 6.35. The SMILES string of the molecule is CC1(O)[N+]#Cc2cnc3c(Cl)cc(N[C@@H](c4cccnc4)c4cn[nH]n4)cc3c2N[C@H]1c1ccccc1. The molecular weight excluding hydrogens is 488 g/mol. The first-order valence-electron chi connectivity index (χ1n) is 11.7. The summed E-state index contributed by atoms with van der Waals surface area (Å²) in [5, 5.41) is 30.4. The quantitative estimate of drug-likeness (QED) is 0.258. The van der Waals surface area contributed by atoms with Crippen LogP contribution >= 0.6 is 11.6 Å². The molecular formula is C27H22ClN8O+. The average Bonchev–Trinajstić information content (AvgIpc) is 3.40. The number of aliphatic hydroxyl groups is 1. The number of aromatic nitrogens is 5. The topological polar surface area (TPSA) is 116 Å². The molecule has 0 spiro atoms. The van der Waals surface area contributed by atoms with Crippen molar-refractivity contribution in [2.45, 2.75) is 24.7 Å². The van der Waals surface area contributed by atoms with Crippen LogP contribution < -0.4 is 10.6 Å². The third kappa shape index (κ3) is 4.33. The normalized spacial score (nSPS) is 19.2. The largest absolute Gasteiger partial charge is 0.404 e. The summed E-state index contributed by atoms with van der Waals surface area (Å²) in [6.07, 6.45) is 6.83. The summed E-state index contributed by atoms with van der Waals surface area (Å²) in [6.45, 7) is 1.66. The Hall–Kier alpha value is -4.52. The van der Waals surface area contributed by atoms with E-state index in [2.05, 4.69) is 46.9 Å². The fraction of sp³-hybridized carbons (Fsp3) is 0.148. The molecule has 0 bridgehead atoms. The summed E-state index contributed by atoms with van der Waals surface area (Å²) in [5.41, 5.74) is 3.78. The average molecular weight is 510 g/mol. The smallest absolute Gasteiger partial charge is 0.373 e. The molecule has 182 valence electrons. The molecule has 4 N–H and O–H groups in total. The number of nitrogens with one attached hydrogen (secondary N) is 3. The van der Waals surface area contributed by atoms with Gasteiger partial charge in [0, 0.05) is 30.4 Å². The Balaban J connectivity index is 1.47. The van der Waals surface area contributed by atoms with Gasteiger partial charge in [-0.05, 0) is 34.2 Å². The van der Waals surface area contributed by atoms with E-state index in [0.717, 1.165) is 27.9 Å².